The maximum Gasteiger partial charge on any atom is 0.289 e. The Balaban J connectivity index is 1.49. The van der Waals surface area contributed by atoms with Gasteiger partial charge < -0.3 is 9.32 Å². The fourth-order valence-electron chi connectivity index (χ4n) is 3.19. The molecule has 1 amide bonds. The number of hydrogen-bond acceptors (Lipinski definition) is 4. The Morgan fingerprint density at radius 2 is 1.68 bits per heavy atom. The van der Waals surface area contributed by atoms with E-state index in [-0.39, 0.29) is 29.7 Å². The van der Waals surface area contributed by atoms with E-state index < -0.39 is 10.0 Å². The normalized spacial score (nSPS) is 15.9. The highest BCUT2D eigenvalue weighted by atomic mass is 79.9. The SMILES string of the molecule is O=C(c1cc2ccccc2o1)N1CCN(S(=O)(=O)c2cc(Br)ccc2Br)CC1. The molecular weight excluding hydrogens is 512 g/mol. The molecule has 0 bridgehead atoms. The highest BCUT2D eigenvalue weighted by Gasteiger charge is 2.32. The van der Waals surface area contributed by atoms with Crippen LogP contribution in [0.5, 0.6) is 0 Å². The Kier molecular flexibility index (Phi) is 5.34. The van der Waals surface area contributed by atoms with Gasteiger partial charge in [-0.25, -0.2) is 8.42 Å². The van der Waals surface area contributed by atoms with Crippen LogP contribution in [0.1, 0.15) is 10.6 Å². The van der Waals surface area contributed by atoms with Crippen molar-refractivity contribution in [3.05, 3.63) is 63.2 Å². The molecule has 0 radical (unpaired) electrons. The summed E-state index contributed by atoms with van der Waals surface area (Å²) in [7, 11) is -3.65. The molecule has 0 spiro atoms. The van der Waals surface area contributed by atoms with Gasteiger partial charge >= 0.3 is 0 Å². The number of para-hydroxylation sites is 1. The van der Waals surface area contributed by atoms with Gasteiger partial charge in [0.1, 0.15) is 5.58 Å². The van der Waals surface area contributed by atoms with Crippen molar-refractivity contribution in [1.29, 1.82) is 0 Å². The van der Waals surface area contributed by atoms with E-state index in [1.54, 1.807) is 29.2 Å². The molecule has 9 heteroatoms. The minimum absolute atomic E-state index is 0.207. The fourth-order valence-corrected chi connectivity index (χ4v) is 6.07. The quantitative estimate of drug-likeness (QED) is 0.514. The van der Waals surface area contributed by atoms with Gasteiger partial charge in [0.05, 0.1) is 4.90 Å². The minimum Gasteiger partial charge on any atom is -0.451 e. The van der Waals surface area contributed by atoms with Crippen LogP contribution >= 0.6 is 31.9 Å². The number of carbonyl (C=O) groups excluding carboxylic acids is 1. The van der Waals surface area contributed by atoms with Crippen molar-refractivity contribution < 1.29 is 17.6 Å². The smallest absolute Gasteiger partial charge is 0.289 e. The molecule has 2 heterocycles. The summed E-state index contributed by atoms with van der Waals surface area (Å²) in [6.45, 7) is 1.07. The van der Waals surface area contributed by atoms with Crippen LogP contribution in [-0.2, 0) is 10.0 Å². The largest absolute Gasteiger partial charge is 0.451 e. The number of benzene rings is 2. The molecule has 1 fully saturated rings. The molecule has 1 aliphatic heterocycles. The Morgan fingerprint density at radius 3 is 2.39 bits per heavy atom. The van der Waals surface area contributed by atoms with Gasteiger partial charge in [0.2, 0.25) is 10.0 Å². The number of amides is 1. The van der Waals surface area contributed by atoms with Gasteiger partial charge in [-0.3, -0.25) is 4.79 Å². The monoisotopic (exact) mass is 526 g/mol. The topological polar surface area (TPSA) is 70.8 Å². The van der Waals surface area contributed by atoms with Gasteiger partial charge in [0.15, 0.2) is 5.76 Å². The highest BCUT2D eigenvalue weighted by Crippen LogP contribution is 2.29. The van der Waals surface area contributed by atoms with Gasteiger partial charge in [0, 0.05) is 40.5 Å². The minimum atomic E-state index is -3.65. The second-order valence-electron chi connectivity index (χ2n) is 6.42. The van der Waals surface area contributed by atoms with Crippen molar-refractivity contribution in [3.8, 4) is 0 Å². The summed E-state index contributed by atoms with van der Waals surface area (Å²) < 4.78 is 34.2. The first-order valence-corrected chi connectivity index (χ1v) is 11.6. The molecule has 1 saturated heterocycles. The van der Waals surface area contributed by atoms with E-state index >= 15 is 0 Å². The highest BCUT2D eigenvalue weighted by molar-refractivity contribution is 9.11. The average molecular weight is 528 g/mol. The lowest BCUT2D eigenvalue weighted by Gasteiger charge is -2.33. The summed E-state index contributed by atoms with van der Waals surface area (Å²) in [5.41, 5.74) is 0.659. The van der Waals surface area contributed by atoms with E-state index in [4.69, 9.17) is 4.42 Å². The first kappa shape index (κ1) is 19.6. The molecule has 0 unspecified atom stereocenters. The maximum absolute atomic E-state index is 13.0. The molecule has 146 valence electrons. The van der Waals surface area contributed by atoms with Gasteiger partial charge in [-0.15, -0.1) is 0 Å². The fraction of sp³-hybridized carbons (Fsp3) is 0.211. The van der Waals surface area contributed by atoms with Crippen molar-refractivity contribution in [2.45, 2.75) is 4.90 Å². The van der Waals surface area contributed by atoms with E-state index in [1.165, 1.54) is 4.31 Å². The lowest BCUT2D eigenvalue weighted by Crippen LogP contribution is -2.50. The number of carbonyl (C=O) groups is 1. The summed E-state index contributed by atoms with van der Waals surface area (Å²) in [5.74, 6) is 0.0455. The predicted octanol–water partition coefficient (Wildman–Crippen LogP) is 4.10. The summed E-state index contributed by atoms with van der Waals surface area (Å²) >= 11 is 6.63. The van der Waals surface area contributed by atoms with Gasteiger partial charge in [-0.05, 0) is 46.3 Å². The third kappa shape index (κ3) is 3.63. The number of hydrogen-bond donors (Lipinski definition) is 0. The van der Waals surface area contributed by atoms with E-state index in [1.807, 2.05) is 24.3 Å². The second-order valence-corrected chi connectivity index (χ2v) is 10.1. The third-order valence-corrected chi connectivity index (χ3v) is 8.06. The molecule has 3 aromatic rings. The molecule has 2 aromatic carbocycles. The Labute approximate surface area is 179 Å². The van der Waals surface area contributed by atoms with Crippen LogP contribution in [0, 0.1) is 0 Å². The number of halogens is 2. The number of fused-ring (bicyclic) bond motifs is 1. The number of rotatable bonds is 3. The predicted molar refractivity (Wildman–Crippen MR) is 113 cm³/mol. The Morgan fingerprint density at radius 1 is 0.964 bits per heavy atom. The van der Waals surface area contributed by atoms with Crippen molar-refractivity contribution in [2.75, 3.05) is 26.2 Å². The zero-order chi connectivity index (χ0) is 19.9. The molecule has 0 saturated carbocycles. The number of furan rings is 1. The van der Waals surface area contributed by atoms with Crippen LogP contribution in [0.2, 0.25) is 0 Å². The Bertz CT molecular complexity index is 1120. The molecule has 28 heavy (non-hydrogen) atoms. The molecule has 1 aromatic heterocycles. The molecule has 0 atom stereocenters. The van der Waals surface area contributed by atoms with Crippen molar-refractivity contribution >= 4 is 58.8 Å². The van der Waals surface area contributed by atoms with Crippen LogP contribution < -0.4 is 0 Å². The van der Waals surface area contributed by atoms with E-state index in [0.29, 0.717) is 27.6 Å². The van der Waals surface area contributed by atoms with Crippen LogP contribution in [0.4, 0.5) is 0 Å². The second kappa shape index (κ2) is 7.62. The molecule has 4 rings (SSSR count). The molecule has 0 aliphatic carbocycles. The summed E-state index contributed by atoms with van der Waals surface area (Å²) in [6, 6.07) is 14.2. The summed E-state index contributed by atoms with van der Waals surface area (Å²) in [4.78, 5) is 14.6. The van der Waals surface area contributed by atoms with E-state index in [2.05, 4.69) is 31.9 Å². The van der Waals surface area contributed by atoms with Crippen LogP contribution in [0.25, 0.3) is 11.0 Å². The van der Waals surface area contributed by atoms with Gasteiger partial charge in [-0.1, -0.05) is 34.1 Å². The van der Waals surface area contributed by atoms with Gasteiger partial charge in [0.25, 0.3) is 5.91 Å². The van der Waals surface area contributed by atoms with Crippen LogP contribution in [0.3, 0.4) is 0 Å². The Hall–Kier alpha value is -1.68. The molecule has 1 aliphatic rings. The standard InChI is InChI=1S/C19H16Br2N2O4S/c20-14-5-6-15(21)18(12-14)28(25,26)23-9-7-22(8-10-23)19(24)17-11-13-3-1-2-4-16(13)27-17/h1-6,11-12H,7-10H2. The summed E-state index contributed by atoms with van der Waals surface area (Å²) in [6.07, 6.45) is 0. The van der Waals surface area contributed by atoms with Crippen molar-refractivity contribution in [1.82, 2.24) is 9.21 Å². The lowest BCUT2D eigenvalue weighted by molar-refractivity contribution is 0.0668. The first-order valence-electron chi connectivity index (χ1n) is 8.59. The zero-order valence-electron chi connectivity index (χ0n) is 14.6. The molecule has 6 nitrogen and oxygen atoms in total. The lowest BCUT2D eigenvalue weighted by atomic mass is 10.2. The summed E-state index contributed by atoms with van der Waals surface area (Å²) in [5, 5.41) is 0.867. The first-order chi connectivity index (χ1) is 13.4. The van der Waals surface area contributed by atoms with Crippen molar-refractivity contribution in [3.63, 3.8) is 0 Å². The maximum atomic E-state index is 13.0. The number of nitrogens with zero attached hydrogens (tertiary/aromatic N) is 2. The third-order valence-electron chi connectivity index (χ3n) is 4.67. The van der Waals surface area contributed by atoms with Crippen LogP contribution in [0.15, 0.2) is 66.8 Å². The number of sulfonamides is 1. The number of piperazine rings is 1. The van der Waals surface area contributed by atoms with E-state index in [9.17, 15) is 13.2 Å². The molecular formula is C19H16Br2N2O4S. The zero-order valence-corrected chi connectivity index (χ0v) is 18.6. The van der Waals surface area contributed by atoms with Crippen LogP contribution in [-0.4, -0.2) is 49.7 Å². The van der Waals surface area contributed by atoms with Gasteiger partial charge in [-0.2, -0.15) is 4.31 Å². The van der Waals surface area contributed by atoms with E-state index in [0.717, 1.165) is 5.39 Å². The molecule has 0 N–H and O–H groups in total. The average Bonchev–Trinajstić information content (AvgIpc) is 3.13. The van der Waals surface area contributed by atoms with Crippen molar-refractivity contribution in [2.24, 2.45) is 0 Å².